The van der Waals surface area contributed by atoms with Crippen LogP contribution in [0.5, 0.6) is 11.9 Å². The van der Waals surface area contributed by atoms with E-state index < -0.39 is 5.97 Å². The number of methoxy groups -OCH3 is 2. The van der Waals surface area contributed by atoms with Crippen molar-refractivity contribution < 1.29 is 19.0 Å². The number of halogens is 1. The van der Waals surface area contributed by atoms with Crippen LogP contribution in [-0.2, 0) is 16.0 Å². The van der Waals surface area contributed by atoms with Gasteiger partial charge in [0.1, 0.15) is 3.70 Å². The van der Waals surface area contributed by atoms with Crippen LogP contribution in [0.2, 0.25) is 0 Å². The molecular weight excluding hydrogens is 363 g/mol. The van der Waals surface area contributed by atoms with Crippen molar-refractivity contribution in [3.05, 3.63) is 21.4 Å². The number of nitrogens with zero attached hydrogens (tertiary/aromatic N) is 2. The molecule has 1 aromatic heterocycles. The average Bonchev–Trinajstić information content (AvgIpc) is 2.40. The summed E-state index contributed by atoms with van der Waals surface area (Å²) in [4.78, 5) is 19.8. The molecule has 0 saturated heterocycles. The molecule has 0 aliphatic rings. The molecule has 0 bridgehead atoms. The summed E-state index contributed by atoms with van der Waals surface area (Å²) >= 11 is 2.03. The lowest BCUT2D eigenvalue weighted by molar-refractivity contribution is -0.138. The Kier molecular flexibility index (Phi) is 6.00. The van der Waals surface area contributed by atoms with E-state index in [0.29, 0.717) is 27.3 Å². The molecule has 0 fully saturated rings. The first-order valence-corrected chi connectivity index (χ1v) is 6.60. The van der Waals surface area contributed by atoms with E-state index in [4.69, 9.17) is 14.2 Å². The first kappa shape index (κ1) is 15.7. The highest BCUT2D eigenvalue weighted by Gasteiger charge is 2.18. The third-order valence-corrected chi connectivity index (χ3v) is 3.12. The molecule has 0 spiro atoms. The number of hydrogen-bond donors (Lipinski definition) is 0. The van der Waals surface area contributed by atoms with Gasteiger partial charge in [-0.15, -0.1) is 0 Å². The maximum atomic E-state index is 11.6. The molecule has 0 atom stereocenters. The van der Waals surface area contributed by atoms with Gasteiger partial charge in [-0.05, 0) is 29.5 Å². The molecule has 1 rings (SSSR count). The van der Waals surface area contributed by atoms with E-state index in [2.05, 4.69) is 16.5 Å². The van der Waals surface area contributed by atoms with Gasteiger partial charge in [0.05, 0.1) is 26.4 Å². The Morgan fingerprint density at radius 3 is 2.53 bits per heavy atom. The summed E-state index contributed by atoms with van der Waals surface area (Å²) in [6.45, 7) is 5.76. The largest absolute Gasteiger partial charge is 0.481 e. The first-order chi connectivity index (χ1) is 9.03. The van der Waals surface area contributed by atoms with Crippen molar-refractivity contribution in [1.82, 2.24) is 9.97 Å². The predicted molar refractivity (Wildman–Crippen MR) is 77.3 cm³/mol. The van der Waals surface area contributed by atoms with Crippen molar-refractivity contribution in [2.75, 3.05) is 20.8 Å². The van der Waals surface area contributed by atoms with E-state index >= 15 is 0 Å². The molecule has 104 valence electrons. The number of aromatic nitrogens is 2. The fourth-order valence-corrected chi connectivity index (χ4v) is 1.97. The number of carbonyl (C=O) groups excluding carboxylic acids is 1. The van der Waals surface area contributed by atoms with Crippen LogP contribution in [0.25, 0.3) is 0 Å². The van der Waals surface area contributed by atoms with Gasteiger partial charge in [0, 0.05) is 12.0 Å². The second-order valence-electron chi connectivity index (χ2n) is 3.49. The molecule has 0 aromatic carbocycles. The van der Waals surface area contributed by atoms with Crippen LogP contribution in [0, 0.1) is 3.70 Å². The summed E-state index contributed by atoms with van der Waals surface area (Å²) in [6.07, 6.45) is 0.268. The van der Waals surface area contributed by atoms with Gasteiger partial charge in [0.25, 0.3) is 0 Å². The highest BCUT2D eigenvalue weighted by molar-refractivity contribution is 14.1. The highest BCUT2D eigenvalue weighted by atomic mass is 127. The van der Waals surface area contributed by atoms with E-state index in [0.717, 1.165) is 0 Å². The summed E-state index contributed by atoms with van der Waals surface area (Å²) in [5.41, 5.74) is 1.01. The summed E-state index contributed by atoms with van der Waals surface area (Å²) in [5.74, 6) is -0.0714. The lowest BCUT2D eigenvalue weighted by Crippen LogP contribution is -2.11. The minimum atomic E-state index is -0.434. The van der Waals surface area contributed by atoms with Gasteiger partial charge in [0.15, 0.2) is 0 Å². The van der Waals surface area contributed by atoms with Crippen LogP contribution in [0.15, 0.2) is 12.2 Å². The first-order valence-electron chi connectivity index (χ1n) is 5.52. The van der Waals surface area contributed by atoms with Crippen LogP contribution in [0.1, 0.15) is 12.5 Å². The molecule has 0 aliphatic heterocycles. The second kappa shape index (κ2) is 7.27. The highest BCUT2D eigenvalue weighted by Crippen LogP contribution is 2.25. The molecule has 0 radical (unpaired) electrons. The van der Waals surface area contributed by atoms with Crippen molar-refractivity contribution in [2.24, 2.45) is 0 Å². The molecule has 0 N–H and O–H groups in total. The third kappa shape index (κ3) is 4.05. The van der Waals surface area contributed by atoms with Gasteiger partial charge in [-0.3, -0.25) is 0 Å². The molecule has 19 heavy (non-hydrogen) atoms. The summed E-state index contributed by atoms with van der Waals surface area (Å²) < 4.78 is 15.7. The second-order valence-corrected chi connectivity index (χ2v) is 4.51. The monoisotopic (exact) mass is 378 g/mol. The number of carbonyl (C=O) groups is 1. The maximum Gasteiger partial charge on any atom is 0.333 e. The van der Waals surface area contributed by atoms with E-state index in [1.165, 1.54) is 14.2 Å². The molecule has 1 heterocycles. The molecule has 0 saturated carbocycles. The Morgan fingerprint density at radius 2 is 2.00 bits per heavy atom. The number of rotatable bonds is 6. The summed E-state index contributed by atoms with van der Waals surface area (Å²) in [5, 5.41) is 0. The van der Waals surface area contributed by atoms with E-state index in [-0.39, 0.29) is 12.4 Å². The molecular formula is C12H15IN2O4. The Labute approximate surface area is 125 Å². The molecule has 6 nitrogen and oxygen atoms in total. The van der Waals surface area contributed by atoms with Gasteiger partial charge < -0.3 is 14.2 Å². The average molecular weight is 378 g/mol. The van der Waals surface area contributed by atoms with Crippen molar-refractivity contribution in [1.29, 1.82) is 0 Å². The minimum absolute atomic E-state index is 0.215. The van der Waals surface area contributed by atoms with Gasteiger partial charge in [-0.1, -0.05) is 6.58 Å². The Hall–Kier alpha value is -1.38. The quantitative estimate of drug-likeness (QED) is 0.325. The molecule has 7 heteroatoms. The van der Waals surface area contributed by atoms with Gasteiger partial charge in [-0.25, -0.2) is 4.79 Å². The van der Waals surface area contributed by atoms with E-state index in [1.807, 2.05) is 22.6 Å². The smallest absolute Gasteiger partial charge is 0.333 e. The zero-order valence-corrected chi connectivity index (χ0v) is 13.2. The summed E-state index contributed by atoms with van der Waals surface area (Å²) in [6, 6.07) is 0.215. The van der Waals surface area contributed by atoms with Crippen LogP contribution < -0.4 is 9.47 Å². The molecule has 0 amide bonds. The fraction of sp³-hybridized carbons (Fsp3) is 0.417. The van der Waals surface area contributed by atoms with Gasteiger partial charge in [-0.2, -0.15) is 9.97 Å². The van der Waals surface area contributed by atoms with E-state index in [1.54, 1.807) is 6.92 Å². The summed E-state index contributed by atoms with van der Waals surface area (Å²) in [7, 11) is 2.97. The zero-order chi connectivity index (χ0) is 14.4. The van der Waals surface area contributed by atoms with Crippen LogP contribution in [0.3, 0.4) is 0 Å². The Balaban J connectivity index is 3.00. The lowest BCUT2D eigenvalue weighted by Gasteiger charge is -2.11. The number of ether oxygens (including phenoxy) is 3. The number of hydrogen-bond acceptors (Lipinski definition) is 6. The maximum absolute atomic E-state index is 11.6. The van der Waals surface area contributed by atoms with Crippen molar-refractivity contribution in [3.63, 3.8) is 0 Å². The Morgan fingerprint density at radius 1 is 1.32 bits per heavy atom. The predicted octanol–water partition coefficient (Wildman–Crippen LogP) is 1.76. The number of esters is 1. The minimum Gasteiger partial charge on any atom is -0.481 e. The van der Waals surface area contributed by atoms with Gasteiger partial charge in [0.2, 0.25) is 5.88 Å². The van der Waals surface area contributed by atoms with Crippen LogP contribution >= 0.6 is 22.6 Å². The normalized spacial score (nSPS) is 9.89. The lowest BCUT2D eigenvalue weighted by atomic mass is 10.1. The van der Waals surface area contributed by atoms with Crippen LogP contribution in [-0.4, -0.2) is 36.8 Å². The SMILES string of the molecule is C=C(Cc1c(I)nc(OC)nc1OC)C(=O)OCC. The van der Waals surface area contributed by atoms with Crippen molar-refractivity contribution >= 4 is 28.6 Å². The molecule has 0 aliphatic carbocycles. The van der Waals surface area contributed by atoms with Gasteiger partial charge >= 0.3 is 12.0 Å². The third-order valence-electron chi connectivity index (χ3n) is 2.23. The standard InChI is InChI=1S/C12H15IN2O4/c1-5-19-11(16)7(2)6-8-9(13)14-12(18-4)15-10(8)17-3/h2,5-6H2,1,3-4H3. The van der Waals surface area contributed by atoms with Crippen LogP contribution in [0.4, 0.5) is 0 Å². The topological polar surface area (TPSA) is 70.5 Å². The Bertz CT molecular complexity index is 491. The van der Waals surface area contributed by atoms with E-state index in [9.17, 15) is 4.79 Å². The zero-order valence-electron chi connectivity index (χ0n) is 11.0. The fourth-order valence-electron chi connectivity index (χ4n) is 1.35. The van der Waals surface area contributed by atoms with Crippen molar-refractivity contribution in [2.45, 2.75) is 13.3 Å². The van der Waals surface area contributed by atoms with Crippen molar-refractivity contribution in [3.8, 4) is 11.9 Å². The molecule has 1 aromatic rings. The molecule has 0 unspecified atom stereocenters.